The highest BCUT2D eigenvalue weighted by Gasteiger charge is 2.14. The summed E-state index contributed by atoms with van der Waals surface area (Å²) in [5.74, 6) is -0.224. The second kappa shape index (κ2) is 7.92. The maximum atomic E-state index is 13.7. The third-order valence-electron chi connectivity index (χ3n) is 3.37. The van der Waals surface area contributed by atoms with Crippen molar-refractivity contribution in [3.05, 3.63) is 68.9 Å². The zero-order valence-corrected chi connectivity index (χ0v) is 14.2. The lowest BCUT2D eigenvalue weighted by atomic mass is 9.98. The molecule has 112 valence electrons. The minimum Gasteiger partial charge on any atom is -0.310 e. The van der Waals surface area contributed by atoms with E-state index in [1.54, 1.807) is 6.07 Å². The van der Waals surface area contributed by atoms with Crippen LogP contribution in [0.15, 0.2) is 46.9 Å². The molecule has 0 saturated heterocycles. The molecule has 0 spiro atoms. The standard InChI is InChI=1S/C17H18BrClFN/c1-2-10-21-16(12-6-8-14(19)9-7-12)11-13-4-3-5-15(20)17(13)18/h3-9,16,21H,2,10-11H2,1H3. The smallest absolute Gasteiger partial charge is 0.137 e. The number of rotatable bonds is 6. The van der Waals surface area contributed by atoms with Crippen LogP contribution in [0.5, 0.6) is 0 Å². The van der Waals surface area contributed by atoms with Gasteiger partial charge in [0.15, 0.2) is 0 Å². The van der Waals surface area contributed by atoms with Crippen LogP contribution in [0.1, 0.15) is 30.5 Å². The summed E-state index contributed by atoms with van der Waals surface area (Å²) in [4.78, 5) is 0. The van der Waals surface area contributed by atoms with Crippen molar-refractivity contribution in [2.24, 2.45) is 0 Å². The second-order valence-electron chi connectivity index (χ2n) is 4.98. The number of hydrogen-bond donors (Lipinski definition) is 1. The van der Waals surface area contributed by atoms with Crippen molar-refractivity contribution in [2.75, 3.05) is 6.54 Å². The third kappa shape index (κ3) is 4.53. The number of halogens is 3. The molecule has 2 rings (SSSR count). The van der Waals surface area contributed by atoms with E-state index in [0.29, 0.717) is 4.47 Å². The van der Waals surface area contributed by atoms with Crippen LogP contribution in [-0.2, 0) is 6.42 Å². The minimum absolute atomic E-state index is 0.139. The summed E-state index contributed by atoms with van der Waals surface area (Å²) in [5, 5.41) is 4.24. The van der Waals surface area contributed by atoms with Crippen molar-refractivity contribution in [2.45, 2.75) is 25.8 Å². The van der Waals surface area contributed by atoms with E-state index in [4.69, 9.17) is 11.6 Å². The maximum Gasteiger partial charge on any atom is 0.137 e. The zero-order chi connectivity index (χ0) is 15.2. The lowest BCUT2D eigenvalue weighted by Crippen LogP contribution is -2.24. The van der Waals surface area contributed by atoms with Crippen LogP contribution in [0.25, 0.3) is 0 Å². The molecular formula is C17H18BrClFN. The largest absolute Gasteiger partial charge is 0.310 e. The maximum absolute atomic E-state index is 13.7. The molecule has 0 aromatic heterocycles. The van der Waals surface area contributed by atoms with Gasteiger partial charge in [-0.2, -0.15) is 0 Å². The van der Waals surface area contributed by atoms with Gasteiger partial charge in [0.2, 0.25) is 0 Å². The summed E-state index contributed by atoms with van der Waals surface area (Å²) in [7, 11) is 0. The van der Waals surface area contributed by atoms with Crippen molar-refractivity contribution < 1.29 is 4.39 Å². The Labute approximate surface area is 138 Å². The summed E-state index contributed by atoms with van der Waals surface area (Å²) >= 11 is 9.29. The predicted octanol–water partition coefficient (Wildman–Crippen LogP) is 5.53. The van der Waals surface area contributed by atoms with E-state index in [2.05, 4.69) is 28.2 Å². The third-order valence-corrected chi connectivity index (χ3v) is 4.51. The van der Waals surface area contributed by atoms with Gasteiger partial charge in [0, 0.05) is 11.1 Å². The van der Waals surface area contributed by atoms with Crippen molar-refractivity contribution in [3.63, 3.8) is 0 Å². The van der Waals surface area contributed by atoms with E-state index in [1.807, 2.05) is 30.3 Å². The molecule has 0 aliphatic heterocycles. The van der Waals surface area contributed by atoms with E-state index >= 15 is 0 Å². The summed E-state index contributed by atoms with van der Waals surface area (Å²) < 4.78 is 14.2. The number of hydrogen-bond acceptors (Lipinski definition) is 1. The lowest BCUT2D eigenvalue weighted by molar-refractivity contribution is 0.526. The summed E-state index contributed by atoms with van der Waals surface area (Å²) in [6, 6.07) is 13.1. The molecule has 2 aromatic rings. The van der Waals surface area contributed by atoms with Crippen molar-refractivity contribution in [1.29, 1.82) is 0 Å². The molecule has 0 fully saturated rings. The van der Waals surface area contributed by atoms with Crippen LogP contribution in [0.2, 0.25) is 5.02 Å². The Kier molecular flexibility index (Phi) is 6.22. The highest BCUT2D eigenvalue weighted by atomic mass is 79.9. The molecule has 0 aliphatic rings. The highest BCUT2D eigenvalue weighted by molar-refractivity contribution is 9.10. The van der Waals surface area contributed by atoms with Gasteiger partial charge in [0.1, 0.15) is 5.82 Å². The van der Waals surface area contributed by atoms with Crippen molar-refractivity contribution >= 4 is 27.5 Å². The van der Waals surface area contributed by atoms with Crippen molar-refractivity contribution in [1.82, 2.24) is 5.32 Å². The average molecular weight is 371 g/mol. The van der Waals surface area contributed by atoms with Gasteiger partial charge in [0.05, 0.1) is 4.47 Å². The van der Waals surface area contributed by atoms with Gasteiger partial charge in [-0.15, -0.1) is 0 Å². The van der Waals surface area contributed by atoms with Crippen LogP contribution < -0.4 is 5.32 Å². The van der Waals surface area contributed by atoms with Crippen LogP contribution in [-0.4, -0.2) is 6.54 Å². The molecular weight excluding hydrogens is 353 g/mol. The fourth-order valence-corrected chi connectivity index (χ4v) is 2.80. The van der Waals surface area contributed by atoms with E-state index in [1.165, 1.54) is 6.07 Å². The molecule has 0 aliphatic carbocycles. The Balaban J connectivity index is 2.23. The normalized spacial score (nSPS) is 12.4. The number of nitrogens with one attached hydrogen (secondary N) is 1. The van der Waals surface area contributed by atoms with Crippen LogP contribution in [0.4, 0.5) is 4.39 Å². The van der Waals surface area contributed by atoms with Crippen LogP contribution in [0, 0.1) is 5.82 Å². The van der Waals surface area contributed by atoms with E-state index in [9.17, 15) is 4.39 Å². The molecule has 21 heavy (non-hydrogen) atoms. The Hall–Kier alpha value is -0.900. The molecule has 0 radical (unpaired) electrons. The van der Waals surface area contributed by atoms with E-state index in [-0.39, 0.29) is 11.9 Å². The van der Waals surface area contributed by atoms with Crippen LogP contribution in [0.3, 0.4) is 0 Å². The van der Waals surface area contributed by atoms with Gasteiger partial charge in [-0.3, -0.25) is 0 Å². The SMILES string of the molecule is CCCNC(Cc1cccc(F)c1Br)c1ccc(Cl)cc1. The molecule has 1 nitrogen and oxygen atoms in total. The zero-order valence-electron chi connectivity index (χ0n) is 11.9. The van der Waals surface area contributed by atoms with E-state index < -0.39 is 0 Å². The highest BCUT2D eigenvalue weighted by Crippen LogP contribution is 2.26. The molecule has 2 aromatic carbocycles. The first kappa shape index (κ1) is 16.5. The molecule has 4 heteroatoms. The quantitative estimate of drug-likeness (QED) is 0.705. The average Bonchev–Trinajstić information content (AvgIpc) is 2.49. The Bertz CT molecular complexity index is 586. The molecule has 1 atom stereocenters. The molecule has 0 amide bonds. The van der Waals surface area contributed by atoms with Crippen molar-refractivity contribution in [3.8, 4) is 0 Å². The summed E-state index contributed by atoms with van der Waals surface area (Å²) in [5.41, 5.74) is 2.11. The Morgan fingerprint density at radius 2 is 1.90 bits per heavy atom. The first-order chi connectivity index (χ1) is 10.1. The molecule has 0 saturated carbocycles. The van der Waals surface area contributed by atoms with Crippen LogP contribution >= 0.6 is 27.5 Å². The Morgan fingerprint density at radius 1 is 1.19 bits per heavy atom. The molecule has 0 bridgehead atoms. The monoisotopic (exact) mass is 369 g/mol. The topological polar surface area (TPSA) is 12.0 Å². The first-order valence-electron chi connectivity index (χ1n) is 7.03. The lowest BCUT2D eigenvalue weighted by Gasteiger charge is -2.20. The summed E-state index contributed by atoms with van der Waals surface area (Å²) in [6.07, 6.45) is 1.77. The van der Waals surface area contributed by atoms with Gasteiger partial charge >= 0.3 is 0 Å². The second-order valence-corrected chi connectivity index (χ2v) is 6.20. The first-order valence-corrected chi connectivity index (χ1v) is 8.20. The van der Waals surface area contributed by atoms with Gasteiger partial charge in [-0.25, -0.2) is 4.39 Å². The minimum atomic E-state index is -0.224. The molecule has 1 N–H and O–H groups in total. The number of benzene rings is 2. The fourth-order valence-electron chi connectivity index (χ4n) is 2.25. The fraction of sp³-hybridized carbons (Fsp3) is 0.294. The van der Waals surface area contributed by atoms with Gasteiger partial charge in [0.25, 0.3) is 0 Å². The van der Waals surface area contributed by atoms with Gasteiger partial charge in [-0.1, -0.05) is 42.8 Å². The van der Waals surface area contributed by atoms with E-state index in [0.717, 1.165) is 35.5 Å². The Morgan fingerprint density at radius 3 is 2.57 bits per heavy atom. The van der Waals surface area contributed by atoms with Gasteiger partial charge < -0.3 is 5.32 Å². The summed E-state index contributed by atoms with van der Waals surface area (Å²) in [6.45, 7) is 3.05. The molecule has 0 heterocycles. The predicted molar refractivity (Wildman–Crippen MR) is 90.3 cm³/mol. The molecule has 1 unspecified atom stereocenters. The van der Waals surface area contributed by atoms with Gasteiger partial charge in [-0.05, 0) is 64.6 Å².